The van der Waals surface area contributed by atoms with Gasteiger partial charge >= 0.3 is 0 Å². The van der Waals surface area contributed by atoms with Gasteiger partial charge in [-0.2, -0.15) is 0 Å². The van der Waals surface area contributed by atoms with Gasteiger partial charge in [-0.3, -0.25) is 9.59 Å². The van der Waals surface area contributed by atoms with Crippen LogP contribution in [0.2, 0.25) is 0 Å². The molecule has 4 rings (SSSR count). The van der Waals surface area contributed by atoms with Crippen LogP contribution in [0.25, 0.3) is 21.9 Å². The molecule has 2 aromatic heterocycles. The van der Waals surface area contributed by atoms with Crippen molar-refractivity contribution < 1.29 is 4.79 Å². The van der Waals surface area contributed by atoms with Gasteiger partial charge in [0.1, 0.15) is 5.69 Å². The van der Waals surface area contributed by atoms with Crippen molar-refractivity contribution in [3.8, 4) is 0 Å². The summed E-state index contributed by atoms with van der Waals surface area (Å²) in [6, 6.07) is 10.3. The lowest BCUT2D eigenvalue weighted by Crippen LogP contribution is -2.30. The van der Waals surface area contributed by atoms with Gasteiger partial charge in [0.25, 0.3) is 5.56 Å². The standard InChI is InChI=1S/C25H28N4O2/c1-15-5-6-21-20(11-15)19(14-27-21)7-9-26-24(30)8-10-29-23-13-17(3)16(2)12-22(23)28-18(4)25(29)31/h5-6,11-14,27H,7-10H2,1-4H3,(H,26,30). The quantitative estimate of drug-likeness (QED) is 0.501. The van der Waals surface area contributed by atoms with Gasteiger partial charge in [0.05, 0.1) is 11.0 Å². The van der Waals surface area contributed by atoms with Crippen LogP contribution in [0.5, 0.6) is 0 Å². The van der Waals surface area contributed by atoms with Gasteiger partial charge in [-0.25, -0.2) is 4.98 Å². The lowest BCUT2D eigenvalue weighted by molar-refractivity contribution is -0.121. The Morgan fingerprint density at radius 1 is 1.10 bits per heavy atom. The molecule has 0 aliphatic rings. The first-order valence-corrected chi connectivity index (χ1v) is 10.6. The fourth-order valence-corrected chi connectivity index (χ4v) is 3.98. The van der Waals surface area contributed by atoms with Gasteiger partial charge in [0.2, 0.25) is 5.91 Å². The number of rotatable bonds is 6. The highest BCUT2D eigenvalue weighted by Crippen LogP contribution is 2.20. The van der Waals surface area contributed by atoms with Crippen LogP contribution in [0.15, 0.2) is 41.3 Å². The molecule has 0 aliphatic carbocycles. The molecule has 0 saturated carbocycles. The summed E-state index contributed by atoms with van der Waals surface area (Å²) in [6.07, 6.45) is 3.01. The number of fused-ring (bicyclic) bond motifs is 2. The van der Waals surface area contributed by atoms with Gasteiger partial charge in [-0.15, -0.1) is 0 Å². The SMILES string of the molecule is Cc1ccc2[nH]cc(CCNC(=O)CCn3c(=O)c(C)nc4cc(C)c(C)cc43)c2c1. The Labute approximate surface area is 181 Å². The summed E-state index contributed by atoms with van der Waals surface area (Å²) in [5, 5.41) is 4.19. The van der Waals surface area contributed by atoms with Gasteiger partial charge in [-0.05, 0) is 75.1 Å². The summed E-state index contributed by atoms with van der Waals surface area (Å²) in [5.74, 6) is -0.0608. The molecule has 0 radical (unpaired) electrons. The Morgan fingerprint density at radius 3 is 2.68 bits per heavy atom. The number of carbonyl (C=O) groups excluding carboxylic acids is 1. The zero-order valence-corrected chi connectivity index (χ0v) is 18.5. The third-order valence-corrected chi connectivity index (χ3v) is 5.93. The van der Waals surface area contributed by atoms with Crippen LogP contribution in [0.3, 0.4) is 0 Å². The third-order valence-electron chi connectivity index (χ3n) is 5.93. The first kappa shape index (κ1) is 20.8. The molecule has 4 aromatic rings. The fourth-order valence-electron chi connectivity index (χ4n) is 3.98. The number of hydrogen-bond donors (Lipinski definition) is 2. The van der Waals surface area contributed by atoms with Crippen molar-refractivity contribution >= 4 is 27.8 Å². The molecule has 0 fully saturated rings. The Bertz CT molecular complexity index is 1350. The number of carbonyl (C=O) groups is 1. The molecule has 0 saturated heterocycles. The van der Waals surface area contributed by atoms with E-state index in [1.807, 2.05) is 32.2 Å². The van der Waals surface area contributed by atoms with E-state index in [-0.39, 0.29) is 17.9 Å². The molecule has 0 spiro atoms. The summed E-state index contributed by atoms with van der Waals surface area (Å²) in [4.78, 5) is 32.9. The van der Waals surface area contributed by atoms with E-state index in [2.05, 4.69) is 40.4 Å². The molecule has 1 amide bonds. The topological polar surface area (TPSA) is 79.8 Å². The van der Waals surface area contributed by atoms with Crippen molar-refractivity contribution in [2.45, 2.75) is 47.1 Å². The van der Waals surface area contributed by atoms with Crippen LogP contribution >= 0.6 is 0 Å². The summed E-state index contributed by atoms with van der Waals surface area (Å²) in [5.41, 5.74) is 7.63. The average Bonchev–Trinajstić information content (AvgIpc) is 3.12. The first-order valence-electron chi connectivity index (χ1n) is 10.6. The number of aromatic amines is 1. The van der Waals surface area contributed by atoms with Crippen LogP contribution in [0, 0.1) is 27.7 Å². The zero-order chi connectivity index (χ0) is 22.1. The molecule has 31 heavy (non-hydrogen) atoms. The normalized spacial score (nSPS) is 11.4. The fraction of sp³-hybridized carbons (Fsp3) is 0.320. The van der Waals surface area contributed by atoms with Gasteiger partial charge < -0.3 is 14.9 Å². The number of amides is 1. The number of aryl methyl sites for hydroxylation is 5. The van der Waals surface area contributed by atoms with Crippen molar-refractivity contribution in [2.24, 2.45) is 0 Å². The Balaban J connectivity index is 1.42. The third kappa shape index (κ3) is 4.24. The van der Waals surface area contributed by atoms with E-state index in [0.29, 0.717) is 18.8 Å². The number of benzene rings is 2. The molecular weight excluding hydrogens is 388 g/mol. The van der Waals surface area contributed by atoms with Crippen LogP contribution in [0.4, 0.5) is 0 Å². The molecule has 0 unspecified atom stereocenters. The molecule has 2 aromatic carbocycles. The van der Waals surface area contributed by atoms with Crippen LogP contribution < -0.4 is 10.9 Å². The largest absolute Gasteiger partial charge is 0.361 e. The van der Waals surface area contributed by atoms with Crippen molar-refractivity contribution in [1.82, 2.24) is 19.9 Å². The van der Waals surface area contributed by atoms with Crippen molar-refractivity contribution in [3.05, 3.63) is 74.8 Å². The van der Waals surface area contributed by atoms with Crippen molar-refractivity contribution in [2.75, 3.05) is 6.54 Å². The Kier molecular flexibility index (Phi) is 5.63. The number of H-pyrrole nitrogens is 1. The average molecular weight is 417 g/mol. The van der Waals surface area contributed by atoms with E-state index >= 15 is 0 Å². The molecule has 0 bridgehead atoms. The van der Waals surface area contributed by atoms with Gasteiger partial charge in [0, 0.05) is 36.6 Å². The minimum absolute atomic E-state index is 0.0608. The molecule has 6 heteroatoms. The minimum Gasteiger partial charge on any atom is -0.361 e. The maximum absolute atomic E-state index is 12.7. The minimum atomic E-state index is -0.141. The number of aromatic nitrogens is 3. The van der Waals surface area contributed by atoms with Crippen LogP contribution in [-0.4, -0.2) is 27.0 Å². The van der Waals surface area contributed by atoms with E-state index < -0.39 is 0 Å². The highest BCUT2D eigenvalue weighted by molar-refractivity contribution is 5.84. The van der Waals surface area contributed by atoms with E-state index in [0.717, 1.165) is 34.1 Å². The van der Waals surface area contributed by atoms with E-state index in [9.17, 15) is 9.59 Å². The van der Waals surface area contributed by atoms with Crippen molar-refractivity contribution in [1.29, 1.82) is 0 Å². The maximum Gasteiger partial charge on any atom is 0.272 e. The van der Waals surface area contributed by atoms with E-state index in [4.69, 9.17) is 0 Å². The first-order chi connectivity index (χ1) is 14.8. The number of nitrogens with zero attached hydrogens (tertiary/aromatic N) is 2. The molecule has 2 heterocycles. The predicted molar refractivity (Wildman–Crippen MR) is 125 cm³/mol. The number of nitrogens with one attached hydrogen (secondary N) is 2. The molecule has 0 aliphatic heterocycles. The van der Waals surface area contributed by atoms with Gasteiger partial charge in [0.15, 0.2) is 0 Å². The molecular formula is C25H28N4O2. The summed E-state index contributed by atoms with van der Waals surface area (Å²) in [6.45, 7) is 8.73. The Hall–Kier alpha value is -3.41. The Morgan fingerprint density at radius 2 is 1.87 bits per heavy atom. The van der Waals surface area contributed by atoms with E-state index in [1.54, 1.807) is 11.5 Å². The van der Waals surface area contributed by atoms with Crippen molar-refractivity contribution in [3.63, 3.8) is 0 Å². The second-order valence-corrected chi connectivity index (χ2v) is 8.29. The lowest BCUT2D eigenvalue weighted by Gasteiger charge is -2.13. The molecule has 160 valence electrons. The van der Waals surface area contributed by atoms with Crippen LogP contribution in [-0.2, 0) is 17.8 Å². The van der Waals surface area contributed by atoms with Crippen LogP contribution in [0.1, 0.15) is 34.4 Å². The summed E-state index contributed by atoms with van der Waals surface area (Å²) < 4.78 is 1.67. The monoisotopic (exact) mass is 416 g/mol. The second-order valence-electron chi connectivity index (χ2n) is 8.29. The second kappa shape index (κ2) is 8.38. The smallest absolute Gasteiger partial charge is 0.272 e. The zero-order valence-electron chi connectivity index (χ0n) is 18.5. The summed E-state index contributed by atoms with van der Waals surface area (Å²) in [7, 11) is 0. The van der Waals surface area contributed by atoms with E-state index in [1.165, 1.54) is 16.5 Å². The molecule has 0 atom stereocenters. The predicted octanol–water partition coefficient (Wildman–Crippen LogP) is 3.86. The maximum atomic E-state index is 12.7. The molecule has 6 nitrogen and oxygen atoms in total. The van der Waals surface area contributed by atoms with Gasteiger partial charge in [-0.1, -0.05) is 11.6 Å². The highest BCUT2D eigenvalue weighted by atomic mass is 16.1. The highest BCUT2D eigenvalue weighted by Gasteiger charge is 2.12. The number of hydrogen-bond acceptors (Lipinski definition) is 3. The summed E-state index contributed by atoms with van der Waals surface area (Å²) >= 11 is 0. The lowest BCUT2D eigenvalue weighted by atomic mass is 10.1. The molecule has 2 N–H and O–H groups in total.